The van der Waals surface area contributed by atoms with Gasteiger partial charge >= 0.3 is 0 Å². The molecule has 1 unspecified atom stereocenters. The first-order valence-corrected chi connectivity index (χ1v) is 5.40. The van der Waals surface area contributed by atoms with Crippen molar-refractivity contribution in [2.75, 3.05) is 6.61 Å². The molecule has 0 radical (unpaired) electrons. The number of aliphatic hydroxyl groups excluding tert-OH is 2. The Kier molecular flexibility index (Phi) is 3.21. The van der Waals surface area contributed by atoms with Gasteiger partial charge in [0.1, 0.15) is 0 Å². The van der Waals surface area contributed by atoms with Gasteiger partial charge in [-0.05, 0) is 24.5 Å². The first-order chi connectivity index (χ1) is 8.13. The van der Waals surface area contributed by atoms with Gasteiger partial charge in [0.2, 0.25) is 0 Å². The Morgan fingerprint density at radius 2 is 2.00 bits per heavy atom. The summed E-state index contributed by atoms with van der Waals surface area (Å²) in [5, 5.41) is 20.5. The van der Waals surface area contributed by atoms with Gasteiger partial charge in [-0.1, -0.05) is 12.1 Å². The highest BCUT2D eigenvalue weighted by molar-refractivity contribution is 6.22. The Morgan fingerprint density at radius 1 is 1.24 bits per heavy atom. The number of hydrogen-bond donors (Lipinski definition) is 3. The topological polar surface area (TPSA) is 86.6 Å². The second kappa shape index (κ2) is 4.65. The number of benzene rings is 1. The van der Waals surface area contributed by atoms with Gasteiger partial charge in [-0.15, -0.1) is 0 Å². The first-order valence-electron chi connectivity index (χ1n) is 5.40. The minimum Gasteiger partial charge on any atom is -0.396 e. The fraction of sp³-hybridized carbons (Fsp3) is 0.333. The van der Waals surface area contributed by atoms with Gasteiger partial charge in [0, 0.05) is 6.61 Å². The molecule has 1 aliphatic heterocycles. The van der Waals surface area contributed by atoms with Gasteiger partial charge in [0.15, 0.2) is 0 Å². The van der Waals surface area contributed by atoms with Crippen LogP contribution in [0.25, 0.3) is 0 Å². The second-order valence-corrected chi connectivity index (χ2v) is 3.99. The summed E-state index contributed by atoms with van der Waals surface area (Å²) in [5.74, 6) is -0.819. The van der Waals surface area contributed by atoms with Crippen LogP contribution < -0.4 is 5.32 Å². The molecule has 0 bridgehead atoms. The summed E-state index contributed by atoms with van der Waals surface area (Å²) < 4.78 is 0. The van der Waals surface area contributed by atoms with E-state index in [9.17, 15) is 14.7 Å². The van der Waals surface area contributed by atoms with Crippen molar-refractivity contribution < 1.29 is 19.8 Å². The molecule has 5 nitrogen and oxygen atoms in total. The lowest BCUT2D eigenvalue weighted by atomic mass is 9.97. The third-order valence-corrected chi connectivity index (χ3v) is 2.77. The highest BCUT2D eigenvalue weighted by atomic mass is 16.3. The molecule has 0 spiro atoms. The largest absolute Gasteiger partial charge is 0.396 e. The van der Waals surface area contributed by atoms with Gasteiger partial charge in [-0.2, -0.15) is 0 Å². The molecule has 0 saturated carbocycles. The van der Waals surface area contributed by atoms with Crippen molar-refractivity contribution in [2.24, 2.45) is 0 Å². The highest BCUT2D eigenvalue weighted by Crippen LogP contribution is 2.21. The van der Waals surface area contributed by atoms with Gasteiger partial charge in [-0.3, -0.25) is 14.9 Å². The molecule has 1 aromatic rings. The van der Waals surface area contributed by atoms with E-state index in [-0.39, 0.29) is 19.4 Å². The minimum atomic E-state index is -0.713. The van der Waals surface area contributed by atoms with E-state index in [1.165, 1.54) is 0 Å². The second-order valence-electron chi connectivity index (χ2n) is 3.99. The molecular weight excluding hydrogens is 222 g/mol. The van der Waals surface area contributed by atoms with Crippen LogP contribution in [0, 0.1) is 0 Å². The summed E-state index contributed by atoms with van der Waals surface area (Å²) in [6.45, 7) is -0.110. The molecular formula is C12H13NO4. The van der Waals surface area contributed by atoms with Crippen LogP contribution in [0.4, 0.5) is 0 Å². The van der Waals surface area contributed by atoms with Crippen molar-refractivity contribution >= 4 is 11.8 Å². The zero-order valence-corrected chi connectivity index (χ0v) is 9.14. The van der Waals surface area contributed by atoms with Crippen molar-refractivity contribution in [1.82, 2.24) is 5.32 Å². The average molecular weight is 235 g/mol. The zero-order chi connectivity index (χ0) is 12.4. The van der Waals surface area contributed by atoms with E-state index < -0.39 is 17.9 Å². The molecule has 1 atom stereocenters. The third-order valence-electron chi connectivity index (χ3n) is 2.77. The molecule has 2 amide bonds. The van der Waals surface area contributed by atoms with Crippen molar-refractivity contribution in [3.05, 3.63) is 34.9 Å². The quantitative estimate of drug-likeness (QED) is 0.634. The smallest absolute Gasteiger partial charge is 0.259 e. The number of imide groups is 1. The van der Waals surface area contributed by atoms with Gasteiger partial charge in [-0.25, -0.2) is 0 Å². The Hall–Kier alpha value is -1.72. The lowest BCUT2D eigenvalue weighted by molar-refractivity contribution is 0.0879. The van der Waals surface area contributed by atoms with Crippen molar-refractivity contribution in [3.63, 3.8) is 0 Å². The van der Waals surface area contributed by atoms with E-state index in [4.69, 9.17) is 5.11 Å². The van der Waals surface area contributed by atoms with Crippen LogP contribution in [0.15, 0.2) is 18.2 Å². The first kappa shape index (κ1) is 11.8. The SMILES string of the molecule is O=C1NC(=O)c2c(CC(O)CCO)cccc21. The van der Waals surface area contributed by atoms with Crippen LogP contribution in [-0.4, -0.2) is 34.7 Å². The maximum absolute atomic E-state index is 11.6. The summed E-state index contributed by atoms with van der Waals surface area (Å²) >= 11 is 0. The summed E-state index contributed by atoms with van der Waals surface area (Å²) in [6.07, 6.45) is -0.209. The monoisotopic (exact) mass is 235 g/mol. The summed E-state index contributed by atoms with van der Waals surface area (Å²) in [5.41, 5.74) is 1.32. The average Bonchev–Trinajstić information content (AvgIpc) is 2.56. The Balaban J connectivity index is 2.31. The minimum absolute atomic E-state index is 0.110. The molecule has 0 saturated heterocycles. The number of rotatable bonds is 4. The third kappa shape index (κ3) is 2.20. The summed E-state index contributed by atoms with van der Waals surface area (Å²) in [6, 6.07) is 4.97. The van der Waals surface area contributed by atoms with E-state index >= 15 is 0 Å². The van der Waals surface area contributed by atoms with E-state index in [0.717, 1.165) is 0 Å². The molecule has 5 heteroatoms. The van der Waals surface area contributed by atoms with Crippen LogP contribution in [0.3, 0.4) is 0 Å². The lowest BCUT2D eigenvalue weighted by Gasteiger charge is -2.10. The lowest BCUT2D eigenvalue weighted by Crippen LogP contribution is -2.21. The maximum Gasteiger partial charge on any atom is 0.259 e. The molecule has 1 heterocycles. The van der Waals surface area contributed by atoms with Gasteiger partial charge < -0.3 is 10.2 Å². The molecule has 90 valence electrons. The Morgan fingerprint density at radius 3 is 2.71 bits per heavy atom. The van der Waals surface area contributed by atoms with E-state index in [1.54, 1.807) is 18.2 Å². The molecule has 1 aromatic carbocycles. The normalized spacial score (nSPS) is 15.6. The fourth-order valence-electron chi connectivity index (χ4n) is 1.97. The van der Waals surface area contributed by atoms with Crippen LogP contribution in [-0.2, 0) is 6.42 Å². The highest BCUT2D eigenvalue weighted by Gasteiger charge is 2.29. The number of aliphatic hydroxyl groups is 2. The van der Waals surface area contributed by atoms with Gasteiger partial charge in [0.05, 0.1) is 17.2 Å². The van der Waals surface area contributed by atoms with Crippen LogP contribution >= 0.6 is 0 Å². The fourth-order valence-corrected chi connectivity index (χ4v) is 1.97. The Bertz CT molecular complexity index is 470. The number of carbonyl (C=O) groups is 2. The van der Waals surface area contributed by atoms with Crippen molar-refractivity contribution in [3.8, 4) is 0 Å². The molecule has 3 N–H and O–H groups in total. The van der Waals surface area contributed by atoms with E-state index in [0.29, 0.717) is 16.7 Å². The number of nitrogens with one attached hydrogen (secondary N) is 1. The number of carbonyl (C=O) groups excluding carboxylic acids is 2. The van der Waals surface area contributed by atoms with Gasteiger partial charge in [0.25, 0.3) is 11.8 Å². The van der Waals surface area contributed by atoms with Crippen molar-refractivity contribution in [2.45, 2.75) is 18.9 Å². The van der Waals surface area contributed by atoms with Crippen molar-refractivity contribution in [1.29, 1.82) is 0 Å². The summed E-state index contributed by atoms with van der Waals surface area (Å²) in [4.78, 5) is 23.0. The summed E-state index contributed by atoms with van der Waals surface area (Å²) in [7, 11) is 0. The molecule has 0 fully saturated rings. The number of amides is 2. The van der Waals surface area contributed by atoms with Crippen LogP contribution in [0.2, 0.25) is 0 Å². The maximum atomic E-state index is 11.6. The number of fused-ring (bicyclic) bond motifs is 1. The molecule has 2 rings (SSSR count). The number of hydrogen-bond acceptors (Lipinski definition) is 4. The molecule has 0 aromatic heterocycles. The van der Waals surface area contributed by atoms with Crippen LogP contribution in [0.5, 0.6) is 0 Å². The van der Waals surface area contributed by atoms with E-state index in [1.807, 2.05) is 0 Å². The van der Waals surface area contributed by atoms with Crippen LogP contribution in [0.1, 0.15) is 32.7 Å². The predicted octanol–water partition coefficient (Wildman–Crippen LogP) is -0.144. The Labute approximate surface area is 98.1 Å². The molecule has 1 aliphatic rings. The molecule has 0 aliphatic carbocycles. The standard InChI is InChI=1S/C12H13NO4/c14-5-4-8(15)6-7-2-1-3-9-10(7)12(17)13-11(9)16/h1-3,8,14-15H,4-6H2,(H,13,16,17). The van der Waals surface area contributed by atoms with E-state index in [2.05, 4.69) is 5.32 Å². The zero-order valence-electron chi connectivity index (χ0n) is 9.14. The molecule has 17 heavy (non-hydrogen) atoms. The predicted molar refractivity (Wildman–Crippen MR) is 59.7 cm³/mol.